The van der Waals surface area contributed by atoms with E-state index >= 15 is 0 Å². The van der Waals surface area contributed by atoms with Gasteiger partial charge in [0.1, 0.15) is 28.9 Å². The van der Waals surface area contributed by atoms with Gasteiger partial charge in [-0.1, -0.05) is 5.16 Å². The first-order chi connectivity index (χ1) is 16.2. The molecule has 2 unspecified atom stereocenters. The van der Waals surface area contributed by atoms with Crippen molar-refractivity contribution in [3.63, 3.8) is 0 Å². The van der Waals surface area contributed by atoms with Crippen molar-refractivity contribution >= 4 is 57.7 Å². The molecule has 5 N–H and O–H groups in total. The molecule has 0 aliphatic carbocycles. The number of thiazole rings is 1. The van der Waals surface area contributed by atoms with Gasteiger partial charge in [-0.25, -0.2) is 14.6 Å². The van der Waals surface area contributed by atoms with Crippen molar-refractivity contribution in [1.82, 2.24) is 20.3 Å². The lowest BCUT2D eigenvalue weighted by molar-refractivity contribution is -0.151. The fraction of sp³-hybridized carbons (Fsp3) is 0.444. The average molecular weight is 513 g/mol. The van der Waals surface area contributed by atoms with Gasteiger partial charge in [-0.15, -0.1) is 23.1 Å². The van der Waals surface area contributed by atoms with Crippen LogP contribution in [0.2, 0.25) is 0 Å². The number of nitrogens with two attached hydrogens (primary N) is 1. The summed E-state index contributed by atoms with van der Waals surface area (Å²) < 4.78 is 0. The van der Waals surface area contributed by atoms with Gasteiger partial charge in [0, 0.05) is 30.3 Å². The van der Waals surface area contributed by atoms with Gasteiger partial charge >= 0.3 is 11.9 Å². The van der Waals surface area contributed by atoms with Gasteiger partial charge in [0.25, 0.3) is 11.8 Å². The molecule has 182 valence electrons. The summed E-state index contributed by atoms with van der Waals surface area (Å²) in [7, 11) is 1.75. The Hall–Kier alpha value is -3.21. The number of β-lactam (4-membered cyclic amide) rings is 1. The Kier molecular flexibility index (Phi) is 6.74. The summed E-state index contributed by atoms with van der Waals surface area (Å²) in [6.07, 6.45) is 0.162. The fourth-order valence-electron chi connectivity index (χ4n) is 3.71. The van der Waals surface area contributed by atoms with Crippen LogP contribution in [0.15, 0.2) is 21.8 Å². The predicted molar refractivity (Wildman–Crippen MR) is 118 cm³/mol. The Morgan fingerprint density at radius 1 is 1.41 bits per heavy atom. The number of carbonyl (C=O) groups is 4. The van der Waals surface area contributed by atoms with Crippen LogP contribution < -0.4 is 11.1 Å². The first-order valence-electron chi connectivity index (χ1n) is 9.90. The number of hydroxylamine groups is 2. The number of amides is 2. The van der Waals surface area contributed by atoms with Crippen molar-refractivity contribution in [2.45, 2.75) is 23.9 Å². The number of thioether (sulfide) groups is 1. The number of carboxylic acid groups (broad SMARTS) is 2. The van der Waals surface area contributed by atoms with Crippen LogP contribution in [0.3, 0.4) is 0 Å². The summed E-state index contributed by atoms with van der Waals surface area (Å²) in [6.45, 7) is -0.159. The summed E-state index contributed by atoms with van der Waals surface area (Å²) in [5, 5.41) is 27.2. The zero-order valence-corrected chi connectivity index (χ0v) is 19.3. The molecule has 0 spiro atoms. The van der Waals surface area contributed by atoms with E-state index in [4.69, 9.17) is 15.7 Å². The topological polar surface area (TPSA) is 197 Å². The first-order valence-corrected chi connectivity index (χ1v) is 11.8. The zero-order valence-electron chi connectivity index (χ0n) is 17.7. The smallest absolute Gasteiger partial charge is 0.352 e. The van der Waals surface area contributed by atoms with Crippen molar-refractivity contribution in [2.75, 3.05) is 31.7 Å². The van der Waals surface area contributed by atoms with E-state index in [-0.39, 0.29) is 22.2 Å². The molecule has 2 amide bonds. The number of carboxylic acids is 2. The van der Waals surface area contributed by atoms with E-state index in [0.717, 1.165) is 16.2 Å². The molecule has 3 aliphatic heterocycles. The molecule has 2 saturated heterocycles. The van der Waals surface area contributed by atoms with E-state index < -0.39 is 47.9 Å². The number of aromatic nitrogens is 1. The van der Waals surface area contributed by atoms with Gasteiger partial charge in [-0.05, 0) is 6.42 Å². The van der Waals surface area contributed by atoms with Crippen LogP contribution in [-0.2, 0) is 28.9 Å². The maximum atomic E-state index is 12.9. The fourth-order valence-corrected chi connectivity index (χ4v) is 5.67. The highest BCUT2D eigenvalue weighted by Gasteiger charge is 2.55. The van der Waals surface area contributed by atoms with Gasteiger partial charge in [-0.3, -0.25) is 19.3 Å². The molecule has 0 aromatic carbocycles. The molecule has 34 heavy (non-hydrogen) atoms. The molecule has 0 bridgehead atoms. The number of oxime groups is 1. The minimum atomic E-state index is -1.30. The van der Waals surface area contributed by atoms with Crippen LogP contribution >= 0.6 is 23.1 Å². The molecule has 2 fully saturated rings. The van der Waals surface area contributed by atoms with Crippen LogP contribution in [0.4, 0.5) is 5.13 Å². The number of fused-ring (bicyclic) bond motifs is 1. The van der Waals surface area contributed by atoms with Crippen LogP contribution in [0, 0.1) is 0 Å². The van der Waals surface area contributed by atoms with E-state index in [1.807, 2.05) is 0 Å². The molecule has 3 atom stereocenters. The average Bonchev–Trinajstić information content (AvgIpc) is 3.41. The number of nitrogens with zero attached hydrogens (tertiary/aromatic N) is 4. The number of carbonyl (C=O) groups excluding carboxylic acids is 2. The lowest BCUT2D eigenvalue weighted by atomic mass is 9.99. The zero-order chi connectivity index (χ0) is 24.6. The molecule has 0 radical (unpaired) electrons. The van der Waals surface area contributed by atoms with E-state index in [1.165, 1.54) is 17.1 Å². The second-order valence-corrected chi connectivity index (χ2v) is 9.45. The standard InChI is InChI=1S/C18H20N6O8S2/c1-23-3-2-9(32-23)7-5-33-16-12(15(28)24(16)13(7)17(29)30)21-14(27)11(22-31-4-10(25)26)8-6-34-18(19)20-8/h6,9,12,16H,2-5H2,1H3,(H2,19,20)(H,21,27)(H,25,26)(H,29,30)/b22-11-/t9-,12?,16?/m0/s1. The van der Waals surface area contributed by atoms with Crippen molar-refractivity contribution in [2.24, 2.45) is 5.16 Å². The normalized spacial score (nSPS) is 25.1. The van der Waals surface area contributed by atoms with Crippen molar-refractivity contribution in [3.05, 3.63) is 22.3 Å². The van der Waals surface area contributed by atoms with Gasteiger partial charge < -0.3 is 26.1 Å². The van der Waals surface area contributed by atoms with E-state index in [0.29, 0.717) is 24.3 Å². The quantitative estimate of drug-likeness (QED) is 0.187. The molecule has 4 rings (SSSR count). The SMILES string of the molecule is CN1CC[C@@H](C2=C(C(=O)O)N3C(=O)C(NC(=O)/C(=N\OCC(=O)O)c4csc(N)n4)C3SC2)O1. The summed E-state index contributed by atoms with van der Waals surface area (Å²) >= 11 is 2.34. The number of rotatable bonds is 8. The number of nitrogen functional groups attached to an aromatic ring is 1. The van der Waals surface area contributed by atoms with Crippen LogP contribution in [0.1, 0.15) is 12.1 Å². The number of anilines is 1. The van der Waals surface area contributed by atoms with Crippen molar-refractivity contribution in [3.8, 4) is 0 Å². The van der Waals surface area contributed by atoms with Gasteiger partial charge in [-0.2, -0.15) is 5.06 Å². The highest BCUT2D eigenvalue weighted by molar-refractivity contribution is 8.00. The molecular formula is C18H20N6O8S2. The lowest BCUT2D eigenvalue weighted by Crippen LogP contribution is -2.71. The van der Waals surface area contributed by atoms with Crippen molar-refractivity contribution in [1.29, 1.82) is 0 Å². The first kappa shape index (κ1) is 23.9. The Morgan fingerprint density at radius 3 is 2.76 bits per heavy atom. The Morgan fingerprint density at radius 2 is 2.18 bits per heavy atom. The third kappa shape index (κ3) is 4.56. The molecular weight excluding hydrogens is 492 g/mol. The second kappa shape index (κ2) is 9.57. The summed E-state index contributed by atoms with van der Waals surface area (Å²) in [4.78, 5) is 64.0. The molecule has 1 aromatic rings. The predicted octanol–water partition coefficient (Wildman–Crippen LogP) is -1.10. The molecule has 16 heteroatoms. The summed E-state index contributed by atoms with van der Waals surface area (Å²) in [5.74, 6) is -3.69. The third-order valence-electron chi connectivity index (χ3n) is 5.21. The van der Waals surface area contributed by atoms with E-state index in [1.54, 1.807) is 12.1 Å². The molecule has 14 nitrogen and oxygen atoms in total. The second-order valence-electron chi connectivity index (χ2n) is 7.45. The van der Waals surface area contributed by atoms with Gasteiger partial charge in [0.15, 0.2) is 10.8 Å². The molecule has 3 aliphatic rings. The molecule has 4 heterocycles. The van der Waals surface area contributed by atoms with E-state index in [9.17, 15) is 24.3 Å². The maximum absolute atomic E-state index is 12.9. The minimum Gasteiger partial charge on any atom is -0.479 e. The number of aliphatic carboxylic acids is 2. The number of nitrogens with one attached hydrogen (secondary N) is 1. The highest BCUT2D eigenvalue weighted by atomic mass is 32.2. The third-order valence-corrected chi connectivity index (χ3v) is 7.19. The maximum Gasteiger partial charge on any atom is 0.352 e. The van der Waals surface area contributed by atoms with Crippen LogP contribution in [0.25, 0.3) is 0 Å². The number of hydrogen-bond donors (Lipinski definition) is 4. The van der Waals surface area contributed by atoms with Crippen LogP contribution in [-0.4, -0.2) is 98.1 Å². The lowest BCUT2D eigenvalue weighted by Gasteiger charge is -2.49. The molecule has 1 aromatic heterocycles. The van der Waals surface area contributed by atoms with E-state index in [2.05, 4.69) is 20.3 Å². The monoisotopic (exact) mass is 512 g/mol. The van der Waals surface area contributed by atoms with Gasteiger partial charge in [0.2, 0.25) is 6.61 Å². The number of hydrogen-bond acceptors (Lipinski definition) is 12. The Labute approximate surface area is 200 Å². The highest BCUT2D eigenvalue weighted by Crippen LogP contribution is 2.42. The largest absolute Gasteiger partial charge is 0.479 e. The summed E-state index contributed by atoms with van der Waals surface area (Å²) in [5.41, 5.74) is 5.66. The van der Waals surface area contributed by atoms with Crippen LogP contribution in [0.5, 0.6) is 0 Å². The minimum absolute atomic E-state index is 0.0428. The Bertz CT molecular complexity index is 1100. The summed E-state index contributed by atoms with van der Waals surface area (Å²) in [6, 6.07) is -1.03. The Balaban J connectivity index is 1.52. The van der Waals surface area contributed by atoms with Gasteiger partial charge in [0.05, 0.1) is 0 Å². The van der Waals surface area contributed by atoms with Crippen molar-refractivity contribution < 1.29 is 39.1 Å². The molecule has 0 saturated carbocycles.